The molecule has 0 radical (unpaired) electrons. The van der Waals surface area contributed by atoms with Crippen molar-refractivity contribution < 1.29 is 19.8 Å². The summed E-state index contributed by atoms with van der Waals surface area (Å²) in [7, 11) is 0. The largest absolute Gasteiger partial charge is 0.481 e. The molecule has 1 unspecified atom stereocenters. The van der Waals surface area contributed by atoms with Crippen molar-refractivity contribution in [1.29, 1.82) is 0 Å². The van der Waals surface area contributed by atoms with Gasteiger partial charge < -0.3 is 15.5 Å². The van der Waals surface area contributed by atoms with E-state index in [1.54, 1.807) is 0 Å². The molecular formula is C14H19NO4. The smallest absolute Gasteiger partial charge is 0.306 e. The second-order valence-electron chi connectivity index (χ2n) is 5.01. The molecule has 0 aromatic heterocycles. The molecule has 1 aromatic rings. The summed E-state index contributed by atoms with van der Waals surface area (Å²) in [5.41, 5.74) is 0.521. The molecule has 0 aliphatic carbocycles. The second kappa shape index (κ2) is 6.33. The van der Waals surface area contributed by atoms with Gasteiger partial charge in [0, 0.05) is 6.54 Å². The lowest BCUT2D eigenvalue weighted by atomic mass is 10.0. The van der Waals surface area contributed by atoms with E-state index in [1.165, 1.54) is 6.92 Å². The van der Waals surface area contributed by atoms with Gasteiger partial charge in [-0.3, -0.25) is 9.59 Å². The maximum Gasteiger partial charge on any atom is 0.306 e. The summed E-state index contributed by atoms with van der Waals surface area (Å²) < 4.78 is 0. The van der Waals surface area contributed by atoms with Crippen LogP contribution in [0.2, 0.25) is 0 Å². The minimum atomic E-state index is -1.44. The molecule has 1 rings (SSSR count). The van der Waals surface area contributed by atoms with Crippen LogP contribution in [0.4, 0.5) is 0 Å². The van der Waals surface area contributed by atoms with Gasteiger partial charge in [0.1, 0.15) is 0 Å². The van der Waals surface area contributed by atoms with Crippen LogP contribution in [0.5, 0.6) is 0 Å². The normalized spacial score (nSPS) is 13.6. The third-order valence-corrected chi connectivity index (χ3v) is 2.65. The highest BCUT2D eigenvalue weighted by molar-refractivity contribution is 5.78. The van der Waals surface area contributed by atoms with Crippen molar-refractivity contribution in [3.05, 3.63) is 35.4 Å². The van der Waals surface area contributed by atoms with E-state index in [2.05, 4.69) is 5.32 Å². The predicted octanol–water partition coefficient (Wildman–Crippen LogP) is 0.879. The van der Waals surface area contributed by atoms with E-state index in [9.17, 15) is 14.7 Å². The Labute approximate surface area is 112 Å². The number of rotatable bonds is 6. The van der Waals surface area contributed by atoms with Gasteiger partial charge in [-0.25, -0.2) is 0 Å². The van der Waals surface area contributed by atoms with E-state index in [0.717, 1.165) is 11.1 Å². The zero-order valence-electron chi connectivity index (χ0n) is 11.1. The Balaban J connectivity index is 2.46. The number of aliphatic carboxylic acids is 1. The first-order valence-corrected chi connectivity index (χ1v) is 6.05. The number of hydrogen-bond donors (Lipinski definition) is 3. The van der Waals surface area contributed by atoms with Crippen LogP contribution in [0, 0.1) is 6.92 Å². The van der Waals surface area contributed by atoms with Gasteiger partial charge in [0.15, 0.2) is 0 Å². The molecule has 3 N–H and O–H groups in total. The first kappa shape index (κ1) is 15.2. The lowest BCUT2D eigenvalue weighted by Crippen LogP contribution is -2.42. The number of hydrogen-bond acceptors (Lipinski definition) is 3. The summed E-state index contributed by atoms with van der Waals surface area (Å²) in [6.07, 6.45) is -0.192. The molecule has 0 heterocycles. The number of carboxylic acids is 1. The van der Waals surface area contributed by atoms with Gasteiger partial charge >= 0.3 is 5.97 Å². The molecule has 0 saturated heterocycles. The quantitative estimate of drug-likeness (QED) is 0.712. The summed E-state index contributed by atoms with van der Waals surface area (Å²) in [5, 5.41) is 20.9. The van der Waals surface area contributed by atoms with Crippen molar-refractivity contribution >= 4 is 11.9 Å². The molecule has 5 nitrogen and oxygen atoms in total. The highest BCUT2D eigenvalue weighted by Gasteiger charge is 2.24. The van der Waals surface area contributed by atoms with E-state index in [4.69, 9.17) is 5.11 Å². The Morgan fingerprint density at radius 1 is 1.37 bits per heavy atom. The van der Waals surface area contributed by atoms with Crippen molar-refractivity contribution in [2.45, 2.75) is 32.3 Å². The molecular weight excluding hydrogens is 246 g/mol. The maximum atomic E-state index is 11.7. The molecule has 0 fully saturated rings. The molecule has 5 heteroatoms. The number of carbonyl (C=O) groups is 2. The Morgan fingerprint density at radius 2 is 2.05 bits per heavy atom. The summed E-state index contributed by atoms with van der Waals surface area (Å²) in [5.74, 6) is -1.34. The Hall–Kier alpha value is -1.88. The van der Waals surface area contributed by atoms with Crippen molar-refractivity contribution in [3.63, 3.8) is 0 Å². The van der Waals surface area contributed by atoms with Crippen molar-refractivity contribution in [1.82, 2.24) is 5.32 Å². The van der Waals surface area contributed by atoms with Crippen molar-refractivity contribution in [2.75, 3.05) is 6.54 Å². The molecule has 1 atom stereocenters. The van der Waals surface area contributed by atoms with Crippen LogP contribution in [-0.4, -0.2) is 34.2 Å². The fraction of sp³-hybridized carbons (Fsp3) is 0.429. The fourth-order valence-electron chi connectivity index (χ4n) is 1.75. The standard InChI is InChI=1S/C14H19NO4/c1-10-4-3-5-11(6-10)7-12(16)15-9-14(2,19)8-13(17)18/h3-6,19H,7-9H2,1-2H3,(H,15,16)(H,17,18). The van der Waals surface area contributed by atoms with Gasteiger partial charge in [-0.1, -0.05) is 29.8 Å². The Bertz CT molecular complexity index is 468. The Kier molecular flexibility index (Phi) is 5.06. The van der Waals surface area contributed by atoms with E-state index >= 15 is 0 Å². The van der Waals surface area contributed by atoms with Gasteiger partial charge in [-0.2, -0.15) is 0 Å². The van der Waals surface area contributed by atoms with Crippen LogP contribution < -0.4 is 5.32 Å². The zero-order valence-corrected chi connectivity index (χ0v) is 11.1. The minimum Gasteiger partial charge on any atom is -0.481 e. The molecule has 19 heavy (non-hydrogen) atoms. The summed E-state index contributed by atoms with van der Waals surface area (Å²) in [6.45, 7) is 3.25. The molecule has 1 amide bonds. The average Bonchev–Trinajstić information content (AvgIpc) is 2.25. The van der Waals surface area contributed by atoms with Crippen LogP contribution in [0.25, 0.3) is 0 Å². The monoisotopic (exact) mass is 265 g/mol. The van der Waals surface area contributed by atoms with Crippen LogP contribution in [0.15, 0.2) is 24.3 Å². The molecule has 104 valence electrons. The van der Waals surface area contributed by atoms with Crippen LogP contribution in [0.3, 0.4) is 0 Å². The van der Waals surface area contributed by atoms with Gasteiger partial charge in [0.25, 0.3) is 0 Å². The van der Waals surface area contributed by atoms with E-state index < -0.39 is 18.0 Å². The summed E-state index contributed by atoms with van der Waals surface area (Å²) in [4.78, 5) is 22.2. The second-order valence-corrected chi connectivity index (χ2v) is 5.01. The highest BCUT2D eigenvalue weighted by Crippen LogP contribution is 2.08. The molecule has 0 aliphatic rings. The molecule has 1 aromatic carbocycles. The lowest BCUT2D eigenvalue weighted by Gasteiger charge is -2.21. The Morgan fingerprint density at radius 3 is 2.63 bits per heavy atom. The highest BCUT2D eigenvalue weighted by atomic mass is 16.4. The molecule has 0 bridgehead atoms. The number of aryl methyl sites for hydroxylation is 1. The SMILES string of the molecule is Cc1cccc(CC(=O)NCC(C)(O)CC(=O)O)c1. The van der Waals surface area contributed by atoms with Gasteiger partial charge in [0.05, 0.1) is 18.4 Å². The van der Waals surface area contributed by atoms with Crippen molar-refractivity contribution in [2.24, 2.45) is 0 Å². The van der Waals surface area contributed by atoms with E-state index in [0.29, 0.717) is 0 Å². The molecule has 0 spiro atoms. The number of nitrogens with one attached hydrogen (secondary N) is 1. The predicted molar refractivity (Wildman–Crippen MR) is 70.8 cm³/mol. The van der Waals surface area contributed by atoms with E-state index in [-0.39, 0.29) is 18.9 Å². The number of carbonyl (C=O) groups excluding carboxylic acids is 1. The zero-order chi connectivity index (χ0) is 14.5. The number of amides is 1. The van der Waals surface area contributed by atoms with Crippen LogP contribution >= 0.6 is 0 Å². The van der Waals surface area contributed by atoms with Crippen LogP contribution in [0.1, 0.15) is 24.5 Å². The van der Waals surface area contributed by atoms with Crippen LogP contribution in [-0.2, 0) is 16.0 Å². The summed E-state index contributed by atoms with van der Waals surface area (Å²) >= 11 is 0. The third kappa shape index (κ3) is 6.01. The lowest BCUT2D eigenvalue weighted by molar-refractivity contribution is -0.142. The third-order valence-electron chi connectivity index (χ3n) is 2.65. The fourth-order valence-corrected chi connectivity index (χ4v) is 1.75. The van der Waals surface area contributed by atoms with Gasteiger partial charge in [-0.15, -0.1) is 0 Å². The molecule has 0 saturated carbocycles. The van der Waals surface area contributed by atoms with Gasteiger partial charge in [-0.05, 0) is 19.4 Å². The van der Waals surface area contributed by atoms with Crippen molar-refractivity contribution in [3.8, 4) is 0 Å². The first-order chi connectivity index (χ1) is 8.78. The minimum absolute atomic E-state index is 0.0794. The number of benzene rings is 1. The summed E-state index contributed by atoms with van der Waals surface area (Å²) in [6, 6.07) is 7.58. The molecule has 0 aliphatic heterocycles. The van der Waals surface area contributed by atoms with E-state index in [1.807, 2.05) is 31.2 Å². The number of aliphatic hydroxyl groups is 1. The topological polar surface area (TPSA) is 86.6 Å². The average molecular weight is 265 g/mol. The van der Waals surface area contributed by atoms with Gasteiger partial charge in [0.2, 0.25) is 5.91 Å². The maximum absolute atomic E-state index is 11.7. The first-order valence-electron chi connectivity index (χ1n) is 6.05. The number of carboxylic acid groups (broad SMARTS) is 1.